The Morgan fingerprint density at radius 3 is 2.84 bits per heavy atom. The highest BCUT2D eigenvalue weighted by atomic mass is 32.1. The number of fused-ring (bicyclic) bond motifs is 3. The number of halogens is 3. The van der Waals surface area contributed by atoms with Crippen molar-refractivity contribution >= 4 is 32.6 Å². The number of hydrogen-bond acceptors (Lipinski definition) is 4. The molecule has 1 saturated carbocycles. The normalized spacial score (nSPS) is 27.8. The predicted molar refractivity (Wildman–Crippen MR) is 88.4 cm³/mol. The summed E-state index contributed by atoms with van der Waals surface area (Å²) < 4.78 is 41.4. The summed E-state index contributed by atoms with van der Waals surface area (Å²) >= 11 is 1.13. The molecule has 0 aliphatic heterocycles. The first-order chi connectivity index (χ1) is 11.7. The van der Waals surface area contributed by atoms with Gasteiger partial charge in [-0.15, -0.1) is 13.2 Å². The number of thiazole rings is 1. The van der Waals surface area contributed by atoms with Crippen LogP contribution in [0.1, 0.15) is 19.8 Å². The lowest BCUT2D eigenvalue weighted by Crippen LogP contribution is -2.36. The average molecular weight is 368 g/mol. The van der Waals surface area contributed by atoms with Crippen molar-refractivity contribution < 1.29 is 22.7 Å². The Bertz CT molecular complexity index is 876. The molecule has 132 valence electrons. The molecule has 2 aliphatic carbocycles. The van der Waals surface area contributed by atoms with Gasteiger partial charge in [-0.05, 0) is 36.8 Å². The maximum atomic E-state index is 12.7. The molecule has 1 aromatic carbocycles. The Hall–Kier alpha value is -2.09. The molecule has 1 amide bonds. The van der Waals surface area contributed by atoms with Crippen LogP contribution >= 0.6 is 11.3 Å². The minimum absolute atomic E-state index is 0.0878. The zero-order valence-corrected chi connectivity index (χ0v) is 14.1. The number of carbonyl (C=O) groups is 1. The largest absolute Gasteiger partial charge is 0.573 e. The zero-order chi connectivity index (χ0) is 17.8. The molecule has 2 bridgehead atoms. The fourth-order valence-corrected chi connectivity index (χ4v) is 4.64. The fourth-order valence-electron chi connectivity index (χ4n) is 3.75. The van der Waals surface area contributed by atoms with Crippen LogP contribution in [0.15, 0.2) is 30.4 Å². The van der Waals surface area contributed by atoms with Crippen molar-refractivity contribution in [2.24, 2.45) is 17.3 Å². The molecule has 2 aliphatic rings. The first kappa shape index (κ1) is 16.4. The van der Waals surface area contributed by atoms with Crippen molar-refractivity contribution in [2.45, 2.75) is 26.1 Å². The Morgan fingerprint density at radius 2 is 2.20 bits per heavy atom. The van der Waals surface area contributed by atoms with Crippen molar-refractivity contribution in [3.05, 3.63) is 30.4 Å². The number of rotatable bonds is 3. The molecule has 0 saturated heterocycles. The van der Waals surface area contributed by atoms with Crippen LogP contribution in [-0.4, -0.2) is 17.3 Å². The quantitative estimate of drug-likeness (QED) is 0.797. The summed E-state index contributed by atoms with van der Waals surface area (Å²) in [6, 6.07) is 3.94. The third kappa shape index (κ3) is 2.99. The molecule has 4 rings (SSSR count). The molecular weight excluding hydrogens is 353 g/mol. The van der Waals surface area contributed by atoms with Gasteiger partial charge in [0.05, 0.1) is 15.6 Å². The van der Waals surface area contributed by atoms with Gasteiger partial charge in [0.25, 0.3) is 0 Å². The molecule has 4 nitrogen and oxygen atoms in total. The van der Waals surface area contributed by atoms with Crippen LogP contribution in [-0.2, 0) is 4.79 Å². The maximum Gasteiger partial charge on any atom is 0.573 e. The van der Waals surface area contributed by atoms with E-state index in [1.54, 1.807) is 0 Å². The lowest BCUT2D eigenvalue weighted by atomic mass is 9.77. The zero-order valence-electron chi connectivity index (χ0n) is 13.3. The highest BCUT2D eigenvalue weighted by Crippen LogP contribution is 2.52. The number of nitrogens with zero attached hydrogens (tertiary/aromatic N) is 1. The van der Waals surface area contributed by atoms with Gasteiger partial charge in [0, 0.05) is 6.07 Å². The number of nitrogens with one attached hydrogen (secondary N) is 1. The minimum Gasteiger partial charge on any atom is -0.406 e. The molecule has 0 radical (unpaired) electrons. The number of anilines is 1. The minimum atomic E-state index is -4.74. The van der Waals surface area contributed by atoms with Crippen LogP contribution in [0.2, 0.25) is 0 Å². The molecule has 8 heteroatoms. The molecule has 1 N–H and O–H groups in total. The summed E-state index contributed by atoms with van der Waals surface area (Å²) in [5.74, 6) is 0.304. The SMILES string of the molecule is C[C@@]1(C(=O)Nc2nc3ccc(OC(F)(F)F)cc3s2)C[C@@H]2C=C[C@H]1C2. The first-order valence-corrected chi connectivity index (χ1v) is 8.71. The van der Waals surface area contributed by atoms with E-state index in [0.29, 0.717) is 21.3 Å². The van der Waals surface area contributed by atoms with E-state index < -0.39 is 11.8 Å². The second-order valence-electron chi connectivity index (χ2n) is 6.76. The van der Waals surface area contributed by atoms with Gasteiger partial charge in [-0.1, -0.05) is 30.4 Å². The fraction of sp³-hybridized carbons (Fsp3) is 0.412. The number of amides is 1. The summed E-state index contributed by atoms with van der Waals surface area (Å²) in [5.41, 5.74) is 0.0646. The Kier molecular flexibility index (Phi) is 3.57. The summed E-state index contributed by atoms with van der Waals surface area (Å²) in [6.45, 7) is 1.96. The van der Waals surface area contributed by atoms with Gasteiger partial charge >= 0.3 is 6.36 Å². The second kappa shape index (κ2) is 5.45. The number of hydrogen-bond donors (Lipinski definition) is 1. The highest BCUT2D eigenvalue weighted by Gasteiger charge is 2.50. The number of aromatic nitrogens is 1. The van der Waals surface area contributed by atoms with Crippen molar-refractivity contribution in [1.82, 2.24) is 4.98 Å². The van der Waals surface area contributed by atoms with Crippen LogP contribution in [0, 0.1) is 17.3 Å². The van der Waals surface area contributed by atoms with E-state index in [4.69, 9.17) is 0 Å². The van der Waals surface area contributed by atoms with Crippen LogP contribution < -0.4 is 10.1 Å². The third-order valence-electron chi connectivity index (χ3n) is 5.01. The van der Waals surface area contributed by atoms with Gasteiger partial charge in [-0.2, -0.15) is 0 Å². The van der Waals surface area contributed by atoms with Crippen LogP contribution in [0.5, 0.6) is 5.75 Å². The molecule has 0 spiro atoms. The number of ether oxygens (including phenoxy) is 1. The monoisotopic (exact) mass is 368 g/mol. The number of allylic oxidation sites excluding steroid dienone is 2. The molecule has 25 heavy (non-hydrogen) atoms. The van der Waals surface area contributed by atoms with E-state index in [-0.39, 0.29) is 17.6 Å². The second-order valence-corrected chi connectivity index (χ2v) is 7.79. The molecule has 1 heterocycles. The number of benzene rings is 1. The Labute approximate surface area is 145 Å². The summed E-state index contributed by atoms with van der Waals surface area (Å²) in [4.78, 5) is 17.0. The van der Waals surface area contributed by atoms with E-state index in [9.17, 15) is 18.0 Å². The Morgan fingerprint density at radius 1 is 1.40 bits per heavy atom. The number of carbonyl (C=O) groups excluding carboxylic acids is 1. The summed E-state index contributed by atoms with van der Waals surface area (Å²) in [6.07, 6.45) is 1.35. The van der Waals surface area contributed by atoms with Crippen LogP contribution in [0.25, 0.3) is 10.2 Å². The first-order valence-electron chi connectivity index (χ1n) is 7.89. The third-order valence-corrected chi connectivity index (χ3v) is 5.94. The van der Waals surface area contributed by atoms with E-state index >= 15 is 0 Å². The van der Waals surface area contributed by atoms with E-state index in [0.717, 1.165) is 24.2 Å². The van der Waals surface area contributed by atoms with Gasteiger partial charge in [0.1, 0.15) is 5.75 Å². The van der Waals surface area contributed by atoms with Gasteiger partial charge in [0.2, 0.25) is 5.91 Å². The van der Waals surface area contributed by atoms with Crippen LogP contribution in [0.4, 0.5) is 18.3 Å². The molecule has 0 unspecified atom stereocenters. The molecular formula is C17H15F3N2O2S. The highest BCUT2D eigenvalue weighted by molar-refractivity contribution is 7.22. The Balaban J connectivity index is 1.54. The van der Waals surface area contributed by atoms with Crippen molar-refractivity contribution in [3.63, 3.8) is 0 Å². The smallest absolute Gasteiger partial charge is 0.406 e. The van der Waals surface area contributed by atoms with Gasteiger partial charge < -0.3 is 10.1 Å². The lowest BCUT2D eigenvalue weighted by molar-refractivity contribution is -0.274. The average Bonchev–Trinajstić information content (AvgIpc) is 3.18. The standard InChI is InChI=1S/C17H15F3N2O2S/c1-16(8-9-2-3-10(16)6-9)14(23)22-15-21-12-5-4-11(7-13(12)25-15)24-17(18,19)20/h2-5,7,9-10H,6,8H2,1H3,(H,21,22,23)/t9-,10+,16-/m1/s1. The maximum absolute atomic E-state index is 12.7. The van der Waals surface area contributed by atoms with Gasteiger partial charge in [-0.3, -0.25) is 4.79 Å². The predicted octanol–water partition coefficient (Wildman–Crippen LogP) is 4.74. The van der Waals surface area contributed by atoms with Crippen LogP contribution in [0.3, 0.4) is 0 Å². The molecule has 1 fully saturated rings. The van der Waals surface area contributed by atoms with Crippen molar-refractivity contribution in [3.8, 4) is 5.75 Å². The molecule has 3 atom stereocenters. The summed E-state index contributed by atoms with van der Waals surface area (Å²) in [7, 11) is 0. The van der Waals surface area contributed by atoms with Crippen molar-refractivity contribution in [2.75, 3.05) is 5.32 Å². The van der Waals surface area contributed by atoms with E-state index in [2.05, 4.69) is 27.2 Å². The van der Waals surface area contributed by atoms with E-state index in [1.165, 1.54) is 18.2 Å². The van der Waals surface area contributed by atoms with E-state index in [1.807, 2.05) is 6.92 Å². The number of alkyl halides is 3. The van der Waals surface area contributed by atoms with Crippen molar-refractivity contribution in [1.29, 1.82) is 0 Å². The molecule has 1 aromatic heterocycles. The lowest BCUT2D eigenvalue weighted by Gasteiger charge is -2.29. The topological polar surface area (TPSA) is 51.2 Å². The van der Waals surface area contributed by atoms with Gasteiger partial charge in [0.15, 0.2) is 5.13 Å². The van der Waals surface area contributed by atoms with Gasteiger partial charge in [-0.25, -0.2) is 4.98 Å². The molecule has 2 aromatic rings. The summed E-state index contributed by atoms with van der Waals surface area (Å²) in [5, 5.41) is 3.22.